The van der Waals surface area contributed by atoms with E-state index >= 15 is 0 Å². The van der Waals surface area contributed by atoms with Gasteiger partial charge in [0, 0.05) is 45.7 Å². The van der Waals surface area contributed by atoms with Crippen LogP contribution in [-0.2, 0) is 4.79 Å². The molecular weight excluding hydrogens is 190 g/mol. The molecule has 0 aromatic heterocycles. The van der Waals surface area contributed by atoms with Crippen LogP contribution in [0, 0.1) is 0 Å². The molecule has 88 valence electrons. The van der Waals surface area contributed by atoms with Gasteiger partial charge in [-0.3, -0.25) is 9.69 Å². The second-order valence-electron chi connectivity index (χ2n) is 4.19. The van der Waals surface area contributed by atoms with Gasteiger partial charge in [-0.05, 0) is 12.8 Å². The van der Waals surface area contributed by atoms with Crippen LogP contribution in [0.25, 0.3) is 0 Å². The zero-order chi connectivity index (χ0) is 11.3. The van der Waals surface area contributed by atoms with E-state index in [1.807, 2.05) is 4.90 Å². The van der Waals surface area contributed by atoms with Crippen molar-refractivity contribution in [3.63, 3.8) is 0 Å². The van der Waals surface area contributed by atoms with E-state index in [-0.39, 0.29) is 5.91 Å². The standard InChI is InChI=1S/C11H23N3O/c1-3-11(9-12)14-6-4-5-13(7-8-14)10(2)15/h11H,3-9,12H2,1-2H3. The highest BCUT2D eigenvalue weighted by molar-refractivity contribution is 5.73. The lowest BCUT2D eigenvalue weighted by Crippen LogP contribution is -2.42. The summed E-state index contributed by atoms with van der Waals surface area (Å²) in [4.78, 5) is 15.6. The van der Waals surface area contributed by atoms with Crippen LogP contribution in [0.3, 0.4) is 0 Å². The van der Waals surface area contributed by atoms with Crippen molar-refractivity contribution in [3.8, 4) is 0 Å². The van der Waals surface area contributed by atoms with E-state index in [4.69, 9.17) is 5.73 Å². The molecule has 1 saturated heterocycles. The number of rotatable bonds is 3. The summed E-state index contributed by atoms with van der Waals surface area (Å²) in [5.74, 6) is 0.192. The first-order chi connectivity index (χ1) is 7.19. The van der Waals surface area contributed by atoms with Crippen molar-refractivity contribution in [3.05, 3.63) is 0 Å². The van der Waals surface area contributed by atoms with Crippen molar-refractivity contribution in [2.75, 3.05) is 32.7 Å². The van der Waals surface area contributed by atoms with Gasteiger partial charge >= 0.3 is 0 Å². The van der Waals surface area contributed by atoms with Crippen LogP contribution in [0.2, 0.25) is 0 Å². The van der Waals surface area contributed by atoms with Crippen molar-refractivity contribution < 1.29 is 4.79 Å². The molecule has 1 aliphatic heterocycles. The summed E-state index contributed by atoms with van der Waals surface area (Å²) < 4.78 is 0. The van der Waals surface area contributed by atoms with Crippen LogP contribution in [0.15, 0.2) is 0 Å². The minimum atomic E-state index is 0.192. The van der Waals surface area contributed by atoms with Gasteiger partial charge in [-0.2, -0.15) is 0 Å². The van der Waals surface area contributed by atoms with Gasteiger partial charge < -0.3 is 10.6 Å². The highest BCUT2D eigenvalue weighted by Crippen LogP contribution is 2.09. The van der Waals surface area contributed by atoms with Gasteiger partial charge in [0.2, 0.25) is 5.91 Å². The molecular formula is C11H23N3O. The van der Waals surface area contributed by atoms with Crippen LogP contribution >= 0.6 is 0 Å². The van der Waals surface area contributed by atoms with Crippen molar-refractivity contribution in [1.82, 2.24) is 9.80 Å². The van der Waals surface area contributed by atoms with E-state index < -0.39 is 0 Å². The molecule has 4 nitrogen and oxygen atoms in total. The third kappa shape index (κ3) is 3.47. The predicted molar refractivity (Wildman–Crippen MR) is 61.6 cm³/mol. The highest BCUT2D eigenvalue weighted by Gasteiger charge is 2.20. The monoisotopic (exact) mass is 213 g/mol. The Bertz CT molecular complexity index is 204. The van der Waals surface area contributed by atoms with Crippen LogP contribution in [0.4, 0.5) is 0 Å². The second-order valence-corrected chi connectivity index (χ2v) is 4.19. The predicted octanol–water partition coefficient (Wildman–Crippen LogP) is 0.278. The maximum absolute atomic E-state index is 11.2. The first-order valence-electron chi connectivity index (χ1n) is 5.88. The number of nitrogens with zero attached hydrogens (tertiary/aromatic N) is 2. The van der Waals surface area contributed by atoms with Crippen LogP contribution in [-0.4, -0.2) is 54.5 Å². The lowest BCUT2D eigenvalue weighted by Gasteiger charge is -2.28. The lowest BCUT2D eigenvalue weighted by molar-refractivity contribution is -0.128. The smallest absolute Gasteiger partial charge is 0.219 e. The number of carbonyl (C=O) groups is 1. The van der Waals surface area contributed by atoms with E-state index in [9.17, 15) is 4.79 Å². The molecule has 0 spiro atoms. The Morgan fingerprint density at radius 1 is 1.33 bits per heavy atom. The van der Waals surface area contributed by atoms with Crippen molar-refractivity contribution in [2.45, 2.75) is 32.7 Å². The van der Waals surface area contributed by atoms with E-state index in [1.165, 1.54) is 0 Å². The summed E-state index contributed by atoms with van der Waals surface area (Å²) in [5, 5.41) is 0. The lowest BCUT2D eigenvalue weighted by atomic mass is 10.2. The van der Waals surface area contributed by atoms with E-state index in [2.05, 4.69) is 11.8 Å². The Morgan fingerprint density at radius 2 is 2.07 bits per heavy atom. The minimum absolute atomic E-state index is 0.192. The number of nitrogens with two attached hydrogens (primary N) is 1. The van der Waals surface area contributed by atoms with Crippen molar-refractivity contribution in [2.24, 2.45) is 5.73 Å². The summed E-state index contributed by atoms with van der Waals surface area (Å²) >= 11 is 0. The van der Waals surface area contributed by atoms with Gasteiger partial charge in [0.25, 0.3) is 0 Å². The van der Waals surface area contributed by atoms with Crippen molar-refractivity contribution in [1.29, 1.82) is 0 Å². The van der Waals surface area contributed by atoms with Crippen LogP contribution in [0.5, 0.6) is 0 Å². The Hall–Kier alpha value is -0.610. The van der Waals surface area contributed by atoms with E-state index in [0.717, 1.165) is 45.6 Å². The topological polar surface area (TPSA) is 49.6 Å². The Kier molecular flexibility index (Phi) is 5.05. The average molecular weight is 213 g/mol. The third-order valence-corrected chi connectivity index (χ3v) is 3.24. The molecule has 1 heterocycles. The maximum Gasteiger partial charge on any atom is 0.219 e. The summed E-state index contributed by atoms with van der Waals surface area (Å²) in [6.45, 7) is 8.32. The number of hydrogen-bond acceptors (Lipinski definition) is 3. The average Bonchev–Trinajstić information content (AvgIpc) is 2.45. The summed E-state index contributed by atoms with van der Waals surface area (Å²) in [6.07, 6.45) is 2.16. The summed E-state index contributed by atoms with van der Waals surface area (Å²) in [5.41, 5.74) is 5.74. The zero-order valence-electron chi connectivity index (χ0n) is 9.91. The van der Waals surface area contributed by atoms with Gasteiger partial charge in [-0.25, -0.2) is 0 Å². The highest BCUT2D eigenvalue weighted by atomic mass is 16.2. The molecule has 0 aromatic rings. The molecule has 1 rings (SSSR count). The Morgan fingerprint density at radius 3 is 2.60 bits per heavy atom. The van der Waals surface area contributed by atoms with Crippen LogP contribution < -0.4 is 5.73 Å². The largest absolute Gasteiger partial charge is 0.342 e. The number of amides is 1. The Labute approximate surface area is 92.4 Å². The molecule has 0 aromatic carbocycles. The molecule has 1 aliphatic rings. The fraction of sp³-hybridized carbons (Fsp3) is 0.909. The first-order valence-corrected chi connectivity index (χ1v) is 5.88. The SMILES string of the molecule is CCC(CN)N1CCCN(C(C)=O)CC1. The quantitative estimate of drug-likeness (QED) is 0.732. The van der Waals surface area contributed by atoms with E-state index in [1.54, 1.807) is 6.92 Å². The molecule has 1 fully saturated rings. The van der Waals surface area contributed by atoms with Crippen molar-refractivity contribution >= 4 is 5.91 Å². The van der Waals surface area contributed by atoms with Gasteiger partial charge in [-0.15, -0.1) is 0 Å². The zero-order valence-corrected chi connectivity index (χ0v) is 9.91. The molecule has 0 saturated carbocycles. The van der Waals surface area contributed by atoms with Gasteiger partial charge in [0.15, 0.2) is 0 Å². The van der Waals surface area contributed by atoms with E-state index in [0.29, 0.717) is 6.04 Å². The fourth-order valence-electron chi connectivity index (χ4n) is 2.19. The molecule has 1 atom stereocenters. The molecule has 4 heteroatoms. The molecule has 0 radical (unpaired) electrons. The number of hydrogen-bond donors (Lipinski definition) is 1. The minimum Gasteiger partial charge on any atom is -0.342 e. The Balaban J connectivity index is 2.48. The van der Waals surface area contributed by atoms with Crippen LogP contribution in [0.1, 0.15) is 26.7 Å². The van der Waals surface area contributed by atoms with Gasteiger partial charge in [0.1, 0.15) is 0 Å². The summed E-state index contributed by atoms with van der Waals surface area (Å²) in [7, 11) is 0. The molecule has 15 heavy (non-hydrogen) atoms. The van der Waals surface area contributed by atoms with Gasteiger partial charge in [0.05, 0.1) is 0 Å². The molecule has 0 bridgehead atoms. The fourth-order valence-corrected chi connectivity index (χ4v) is 2.19. The molecule has 1 amide bonds. The second kappa shape index (κ2) is 6.08. The third-order valence-electron chi connectivity index (χ3n) is 3.24. The maximum atomic E-state index is 11.2. The molecule has 2 N–H and O–H groups in total. The molecule has 1 unspecified atom stereocenters. The normalized spacial score (nSPS) is 21.1. The van der Waals surface area contributed by atoms with Gasteiger partial charge in [-0.1, -0.05) is 6.92 Å². The number of carbonyl (C=O) groups excluding carboxylic acids is 1. The molecule has 0 aliphatic carbocycles. The summed E-state index contributed by atoms with van der Waals surface area (Å²) in [6, 6.07) is 0.483. The first kappa shape index (κ1) is 12.5.